The molecule has 0 saturated carbocycles. The Morgan fingerprint density at radius 3 is 2.04 bits per heavy atom. The summed E-state index contributed by atoms with van der Waals surface area (Å²) in [5.74, 6) is 10.2. The molecule has 2 N–H and O–H groups in total. The number of aliphatic hydroxyl groups excluding tert-OH is 1. The van der Waals surface area contributed by atoms with Gasteiger partial charge < -0.3 is 15.2 Å². The van der Waals surface area contributed by atoms with Gasteiger partial charge in [-0.25, -0.2) is 4.79 Å². The van der Waals surface area contributed by atoms with Crippen LogP contribution in [0, 0.1) is 23.7 Å². The van der Waals surface area contributed by atoms with Crippen LogP contribution in [0.25, 0.3) is 0 Å². The van der Waals surface area contributed by atoms with Crippen molar-refractivity contribution in [2.75, 3.05) is 7.11 Å². The van der Waals surface area contributed by atoms with Crippen molar-refractivity contribution in [3.8, 4) is 23.7 Å². The minimum Gasteiger partial charge on any atom is -0.467 e. The first-order chi connectivity index (χ1) is 13.0. The Hall–Kier alpha value is -3.54. The quantitative estimate of drug-likeness (QED) is 0.643. The Morgan fingerprint density at radius 2 is 1.52 bits per heavy atom. The van der Waals surface area contributed by atoms with Crippen LogP contribution < -0.4 is 5.32 Å². The summed E-state index contributed by atoms with van der Waals surface area (Å²) in [5, 5.41) is 12.1. The molecule has 5 heteroatoms. The highest BCUT2D eigenvalue weighted by Gasteiger charge is 2.26. The normalized spacial score (nSPS) is 11.7. The molecule has 0 radical (unpaired) electrons. The second-order valence-corrected chi connectivity index (χ2v) is 5.66. The third-order valence-electron chi connectivity index (χ3n) is 3.62. The number of ether oxygens (including phenoxy) is 1. The average molecular weight is 361 g/mol. The Kier molecular flexibility index (Phi) is 7.19. The van der Waals surface area contributed by atoms with Gasteiger partial charge in [0, 0.05) is 16.7 Å². The maximum absolute atomic E-state index is 12.2. The summed E-state index contributed by atoms with van der Waals surface area (Å²) in [7, 11) is 1.19. The van der Waals surface area contributed by atoms with Gasteiger partial charge in [0.1, 0.15) is 0 Å². The molecule has 0 aliphatic carbocycles. The number of rotatable bonds is 4. The topological polar surface area (TPSA) is 75.6 Å². The summed E-state index contributed by atoms with van der Waals surface area (Å²) in [6, 6.07) is 14.9. The van der Waals surface area contributed by atoms with Gasteiger partial charge >= 0.3 is 5.97 Å². The average Bonchev–Trinajstić information content (AvgIpc) is 2.69. The van der Waals surface area contributed by atoms with E-state index in [1.54, 1.807) is 24.3 Å². The third kappa shape index (κ3) is 6.04. The largest absolute Gasteiger partial charge is 0.467 e. The molecule has 0 spiro atoms. The molecule has 0 unspecified atom stereocenters. The van der Waals surface area contributed by atoms with Crippen molar-refractivity contribution in [3.05, 3.63) is 71.3 Å². The van der Waals surface area contributed by atoms with Gasteiger partial charge in [-0.3, -0.25) is 4.79 Å². The summed E-state index contributed by atoms with van der Waals surface area (Å²) in [6.45, 7) is 1.40. The Bertz CT molecular complexity index is 910. The van der Waals surface area contributed by atoms with E-state index >= 15 is 0 Å². The van der Waals surface area contributed by atoms with E-state index in [1.165, 1.54) is 14.0 Å². The van der Waals surface area contributed by atoms with E-state index in [2.05, 4.69) is 33.7 Å². The van der Waals surface area contributed by atoms with Crippen LogP contribution >= 0.6 is 0 Å². The predicted molar refractivity (Wildman–Crippen MR) is 102 cm³/mol. The zero-order valence-corrected chi connectivity index (χ0v) is 15.0. The Morgan fingerprint density at radius 1 is 0.963 bits per heavy atom. The second-order valence-electron chi connectivity index (χ2n) is 5.66. The highest BCUT2D eigenvalue weighted by Crippen LogP contribution is 2.05. The molecule has 2 atom stereocenters. The van der Waals surface area contributed by atoms with Crippen molar-refractivity contribution in [2.45, 2.75) is 19.1 Å². The van der Waals surface area contributed by atoms with E-state index in [1.807, 2.05) is 30.3 Å². The summed E-state index contributed by atoms with van der Waals surface area (Å²) < 4.78 is 4.57. The smallest absolute Gasteiger partial charge is 0.331 e. The molecule has 136 valence electrons. The van der Waals surface area contributed by atoms with Gasteiger partial charge in [-0.2, -0.15) is 0 Å². The van der Waals surface area contributed by atoms with Crippen LogP contribution in [-0.4, -0.2) is 36.2 Å². The number of hydrogen-bond acceptors (Lipinski definition) is 4. The number of nitrogens with one attached hydrogen (secondary N) is 1. The molecule has 0 saturated heterocycles. The van der Waals surface area contributed by atoms with E-state index in [-0.39, 0.29) is 0 Å². The molecule has 1 amide bonds. The number of methoxy groups -OCH3 is 1. The van der Waals surface area contributed by atoms with Gasteiger partial charge in [0.15, 0.2) is 6.04 Å². The highest BCUT2D eigenvalue weighted by atomic mass is 16.5. The van der Waals surface area contributed by atoms with Crippen LogP contribution in [0.15, 0.2) is 54.6 Å². The number of esters is 1. The van der Waals surface area contributed by atoms with Crippen molar-refractivity contribution in [1.29, 1.82) is 0 Å². The predicted octanol–water partition coefficient (Wildman–Crippen LogP) is 1.74. The van der Waals surface area contributed by atoms with Gasteiger partial charge in [-0.05, 0) is 55.2 Å². The van der Waals surface area contributed by atoms with Gasteiger partial charge in [0.05, 0.1) is 13.2 Å². The van der Waals surface area contributed by atoms with Crippen LogP contribution in [0.2, 0.25) is 0 Å². The number of hydrogen-bond donors (Lipinski definition) is 2. The number of aliphatic hydroxyl groups is 1. The van der Waals surface area contributed by atoms with E-state index in [4.69, 9.17) is 0 Å². The zero-order valence-electron chi connectivity index (χ0n) is 15.0. The molecule has 0 bridgehead atoms. The minimum atomic E-state index is -1.13. The lowest BCUT2D eigenvalue weighted by Gasteiger charge is -2.18. The molecule has 0 heterocycles. The van der Waals surface area contributed by atoms with Crippen LogP contribution in [0.5, 0.6) is 0 Å². The maximum Gasteiger partial charge on any atom is 0.331 e. The summed E-state index contributed by atoms with van der Waals surface area (Å²) in [5.41, 5.74) is 1.93. The fraction of sp³-hybridized carbons (Fsp3) is 0.182. The lowest BCUT2D eigenvalue weighted by molar-refractivity contribution is -0.145. The van der Waals surface area contributed by atoms with Gasteiger partial charge in [0.25, 0.3) is 5.91 Å². The standard InChI is InChI=1S/C22H19NO4/c1-16(24)20(22(26)27-2)23-21(25)19-14-12-18(13-15-19)11-7-6-10-17-8-4-3-5-9-17/h3-5,8-9,12-16,20,24H,1-2H3,(H,23,25)/t16-,20+/m1/s1. The molecular formula is C22H19NO4. The summed E-state index contributed by atoms with van der Waals surface area (Å²) in [4.78, 5) is 23.8. The first-order valence-electron chi connectivity index (χ1n) is 8.25. The lowest BCUT2D eigenvalue weighted by Crippen LogP contribution is -2.48. The zero-order chi connectivity index (χ0) is 19.6. The van der Waals surface area contributed by atoms with Crippen molar-refractivity contribution < 1.29 is 19.4 Å². The van der Waals surface area contributed by atoms with Crippen molar-refractivity contribution >= 4 is 11.9 Å². The van der Waals surface area contributed by atoms with Crippen LogP contribution in [0.3, 0.4) is 0 Å². The molecule has 27 heavy (non-hydrogen) atoms. The van der Waals surface area contributed by atoms with Crippen molar-refractivity contribution in [1.82, 2.24) is 5.32 Å². The fourth-order valence-corrected chi connectivity index (χ4v) is 2.16. The lowest BCUT2D eigenvalue weighted by atomic mass is 10.1. The molecule has 0 fully saturated rings. The SMILES string of the molecule is COC(=O)[C@@H](NC(=O)c1ccc(C#CC#Cc2ccccc2)cc1)[C@@H](C)O. The molecular weight excluding hydrogens is 342 g/mol. The molecule has 0 aliphatic rings. The van der Waals surface area contributed by atoms with Crippen molar-refractivity contribution in [2.24, 2.45) is 0 Å². The first kappa shape index (κ1) is 19.8. The minimum absolute atomic E-state index is 0.338. The van der Waals surface area contributed by atoms with Crippen molar-refractivity contribution in [3.63, 3.8) is 0 Å². The molecule has 2 aromatic carbocycles. The van der Waals surface area contributed by atoms with Gasteiger partial charge in [-0.15, -0.1) is 0 Å². The summed E-state index contributed by atoms with van der Waals surface area (Å²) >= 11 is 0. The van der Waals surface area contributed by atoms with E-state index < -0.39 is 24.0 Å². The molecule has 5 nitrogen and oxygen atoms in total. The van der Waals surface area contributed by atoms with Crippen LogP contribution in [-0.2, 0) is 9.53 Å². The van der Waals surface area contributed by atoms with E-state index in [0.717, 1.165) is 5.56 Å². The molecule has 0 aliphatic heterocycles. The Balaban J connectivity index is 2.03. The summed E-state index contributed by atoms with van der Waals surface area (Å²) in [6.07, 6.45) is -1.07. The monoisotopic (exact) mass is 361 g/mol. The van der Waals surface area contributed by atoms with Crippen LogP contribution in [0.1, 0.15) is 28.4 Å². The first-order valence-corrected chi connectivity index (χ1v) is 8.25. The number of benzene rings is 2. The number of carbonyl (C=O) groups is 2. The molecule has 2 rings (SSSR count). The number of amides is 1. The van der Waals surface area contributed by atoms with Gasteiger partial charge in [-0.1, -0.05) is 30.0 Å². The third-order valence-corrected chi connectivity index (χ3v) is 3.62. The fourth-order valence-electron chi connectivity index (χ4n) is 2.16. The van der Waals surface area contributed by atoms with Crippen LogP contribution in [0.4, 0.5) is 0 Å². The Labute approximate surface area is 158 Å². The molecule has 0 aromatic heterocycles. The van der Waals surface area contributed by atoms with E-state index in [9.17, 15) is 14.7 Å². The number of carbonyl (C=O) groups excluding carboxylic acids is 2. The highest BCUT2D eigenvalue weighted by molar-refractivity contribution is 5.97. The molecule has 2 aromatic rings. The van der Waals surface area contributed by atoms with Gasteiger partial charge in [0.2, 0.25) is 0 Å². The second kappa shape index (κ2) is 9.82. The van der Waals surface area contributed by atoms with E-state index in [0.29, 0.717) is 11.1 Å². The maximum atomic E-state index is 12.2.